The van der Waals surface area contributed by atoms with Gasteiger partial charge in [0.1, 0.15) is 0 Å². The first-order valence-corrected chi connectivity index (χ1v) is 15.5. The minimum absolute atomic E-state index is 0.758. The van der Waals surface area contributed by atoms with Crippen molar-refractivity contribution in [3.63, 3.8) is 0 Å². The fourth-order valence-electron chi connectivity index (χ4n) is 3.59. The second-order valence-corrected chi connectivity index (χ2v) is 13.1. The summed E-state index contributed by atoms with van der Waals surface area (Å²) in [5, 5.41) is 0. The van der Waals surface area contributed by atoms with Gasteiger partial charge in [0.25, 0.3) is 0 Å². The molecule has 3 aromatic carbocycles. The molecule has 0 spiro atoms. The number of benzene rings is 3. The van der Waals surface area contributed by atoms with Crippen molar-refractivity contribution in [2.75, 3.05) is 19.8 Å². The van der Waals surface area contributed by atoms with Crippen molar-refractivity contribution in [3.05, 3.63) is 72.8 Å². The molecule has 0 aliphatic heterocycles. The van der Waals surface area contributed by atoms with Gasteiger partial charge >= 0.3 is 211 Å². The van der Waals surface area contributed by atoms with Crippen molar-refractivity contribution in [2.24, 2.45) is 0 Å². The molecule has 0 aliphatic rings. The van der Waals surface area contributed by atoms with Crippen LogP contribution >= 0.6 is 0 Å². The molecule has 0 saturated carbocycles. The standard InChI is InChI=1S/C30H39AsO3/c1-4-7-19-32-28-16-10-13-25(22-28)31(26-14-11-17-29(23-26)33-20-8-5-2)27-15-12-18-30(24-27)34-21-9-6-3/h10-18,22-24H,4-9,19-21H2,1-3H3. The molecule has 182 valence electrons. The third kappa shape index (κ3) is 8.13. The molecule has 0 aromatic heterocycles. The van der Waals surface area contributed by atoms with Gasteiger partial charge in [0.2, 0.25) is 0 Å². The Hall–Kier alpha value is -2.38. The first-order valence-electron chi connectivity index (χ1n) is 12.7. The summed E-state index contributed by atoms with van der Waals surface area (Å²) in [5.74, 6) is 2.86. The Morgan fingerprint density at radius 2 is 0.824 bits per heavy atom. The maximum absolute atomic E-state index is 6.06. The van der Waals surface area contributed by atoms with Crippen LogP contribution in [0.2, 0.25) is 0 Å². The van der Waals surface area contributed by atoms with E-state index >= 15 is 0 Å². The van der Waals surface area contributed by atoms with Gasteiger partial charge in [-0.2, -0.15) is 0 Å². The summed E-state index contributed by atoms with van der Waals surface area (Å²) in [4.78, 5) is 0. The number of hydrogen-bond donors (Lipinski definition) is 0. The Morgan fingerprint density at radius 3 is 1.12 bits per heavy atom. The number of rotatable bonds is 15. The van der Waals surface area contributed by atoms with Crippen LogP contribution in [0.1, 0.15) is 59.3 Å². The molecule has 0 radical (unpaired) electrons. The Balaban J connectivity index is 1.96. The molecule has 0 aliphatic carbocycles. The van der Waals surface area contributed by atoms with Crippen molar-refractivity contribution in [2.45, 2.75) is 59.3 Å². The predicted octanol–water partition coefficient (Wildman–Crippen LogP) is 5.74. The van der Waals surface area contributed by atoms with Crippen molar-refractivity contribution >= 4 is 27.7 Å². The Morgan fingerprint density at radius 1 is 0.500 bits per heavy atom. The molecule has 34 heavy (non-hydrogen) atoms. The molecule has 3 rings (SSSR count). The van der Waals surface area contributed by atoms with Gasteiger partial charge in [-0.1, -0.05) is 0 Å². The molecule has 0 unspecified atom stereocenters. The third-order valence-corrected chi connectivity index (χ3v) is 10.5. The molecule has 0 fully saturated rings. The van der Waals surface area contributed by atoms with Gasteiger partial charge in [-0.3, -0.25) is 0 Å². The first kappa shape index (κ1) is 26.2. The van der Waals surface area contributed by atoms with Crippen LogP contribution in [0.3, 0.4) is 0 Å². The fraction of sp³-hybridized carbons (Fsp3) is 0.400. The van der Waals surface area contributed by atoms with Crippen LogP contribution in [-0.4, -0.2) is 34.5 Å². The van der Waals surface area contributed by atoms with Crippen LogP contribution in [0.15, 0.2) is 72.8 Å². The quantitative estimate of drug-likeness (QED) is 0.188. The third-order valence-electron chi connectivity index (χ3n) is 5.53. The molecule has 0 atom stereocenters. The average Bonchev–Trinajstić information content (AvgIpc) is 2.86. The fourth-order valence-corrected chi connectivity index (χ4v) is 8.56. The van der Waals surface area contributed by atoms with Crippen LogP contribution in [0.4, 0.5) is 0 Å². The molecular formula is C30H39AsO3. The minimum atomic E-state index is -1.85. The van der Waals surface area contributed by atoms with E-state index in [9.17, 15) is 0 Å². The van der Waals surface area contributed by atoms with E-state index in [0.717, 1.165) is 75.6 Å². The van der Waals surface area contributed by atoms with Crippen molar-refractivity contribution < 1.29 is 14.2 Å². The van der Waals surface area contributed by atoms with E-state index in [2.05, 4.69) is 93.6 Å². The summed E-state index contributed by atoms with van der Waals surface area (Å²) < 4.78 is 22.2. The van der Waals surface area contributed by atoms with Gasteiger partial charge in [-0.25, -0.2) is 0 Å². The Labute approximate surface area is 210 Å². The second kappa shape index (κ2) is 14.8. The Kier molecular flexibility index (Phi) is 11.4. The van der Waals surface area contributed by atoms with E-state index in [0.29, 0.717) is 0 Å². The molecule has 0 amide bonds. The number of unbranched alkanes of at least 4 members (excludes halogenated alkanes) is 3. The molecular weight excluding hydrogens is 483 g/mol. The molecule has 3 aromatic rings. The molecule has 0 bridgehead atoms. The number of hydrogen-bond acceptors (Lipinski definition) is 3. The van der Waals surface area contributed by atoms with Crippen LogP contribution in [-0.2, 0) is 0 Å². The van der Waals surface area contributed by atoms with Gasteiger partial charge in [0, 0.05) is 0 Å². The summed E-state index contributed by atoms with van der Waals surface area (Å²) in [5.41, 5.74) is 0. The van der Waals surface area contributed by atoms with E-state index in [1.165, 1.54) is 13.1 Å². The first-order chi connectivity index (χ1) is 16.7. The average molecular weight is 523 g/mol. The molecule has 0 heterocycles. The zero-order chi connectivity index (χ0) is 24.0. The molecule has 4 heteroatoms. The molecule has 3 nitrogen and oxygen atoms in total. The van der Waals surface area contributed by atoms with Crippen molar-refractivity contribution in [3.8, 4) is 17.2 Å². The van der Waals surface area contributed by atoms with Gasteiger partial charge in [0.15, 0.2) is 0 Å². The van der Waals surface area contributed by atoms with Gasteiger partial charge in [0.05, 0.1) is 0 Å². The summed E-state index contributed by atoms with van der Waals surface area (Å²) in [7, 11) is 0. The number of ether oxygens (including phenoxy) is 3. The van der Waals surface area contributed by atoms with E-state index in [1.54, 1.807) is 0 Å². The van der Waals surface area contributed by atoms with E-state index in [4.69, 9.17) is 14.2 Å². The van der Waals surface area contributed by atoms with Crippen LogP contribution in [0.25, 0.3) is 0 Å². The van der Waals surface area contributed by atoms with Crippen LogP contribution in [0, 0.1) is 0 Å². The second-order valence-electron chi connectivity index (χ2n) is 8.43. The zero-order valence-electron chi connectivity index (χ0n) is 21.0. The van der Waals surface area contributed by atoms with Gasteiger partial charge in [-0.15, -0.1) is 0 Å². The zero-order valence-corrected chi connectivity index (χ0v) is 22.8. The van der Waals surface area contributed by atoms with E-state index in [-0.39, 0.29) is 0 Å². The molecule has 0 N–H and O–H groups in total. The normalized spacial score (nSPS) is 10.9. The summed E-state index contributed by atoms with van der Waals surface area (Å²) in [6.45, 7) is 8.84. The topological polar surface area (TPSA) is 27.7 Å². The maximum atomic E-state index is 6.06. The monoisotopic (exact) mass is 522 g/mol. The summed E-state index contributed by atoms with van der Waals surface area (Å²) in [6.07, 6.45) is 6.60. The van der Waals surface area contributed by atoms with E-state index < -0.39 is 14.7 Å². The SMILES string of the molecule is CCCCOc1cccc([As](c2cccc(OCCCC)c2)c2cccc(OCCCC)c2)c1. The van der Waals surface area contributed by atoms with Crippen LogP contribution in [0.5, 0.6) is 17.2 Å². The van der Waals surface area contributed by atoms with E-state index in [1.807, 2.05) is 0 Å². The van der Waals surface area contributed by atoms with Crippen molar-refractivity contribution in [1.82, 2.24) is 0 Å². The molecule has 0 saturated heterocycles. The van der Waals surface area contributed by atoms with Gasteiger partial charge in [-0.05, 0) is 0 Å². The van der Waals surface area contributed by atoms with Crippen LogP contribution < -0.4 is 27.3 Å². The van der Waals surface area contributed by atoms with Crippen molar-refractivity contribution in [1.29, 1.82) is 0 Å². The predicted molar refractivity (Wildman–Crippen MR) is 145 cm³/mol. The summed E-state index contributed by atoms with van der Waals surface area (Å²) in [6, 6.07) is 26.1. The summed E-state index contributed by atoms with van der Waals surface area (Å²) >= 11 is -1.85. The Bertz CT molecular complexity index is 861. The van der Waals surface area contributed by atoms with Gasteiger partial charge < -0.3 is 0 Å².